The Bertz CT molecular complexity index is 3590. The van der Waals surface area contributed by atoms with E-state index >= 15 is 0 Å². The molecule has 6 fully saturated rings. The van der Waals surface area contributed by atoms with Crippen LogP contribution in [0.25, 0.3) is 0 Å². The zero-order valence-corrected chi connectivity index (χ0v) is 82.8. The fraction of sp³-hybridized carbons (Fsp3) is 0.735. The van der Waals surface area contributed by atoms with Crippen molar-refractivity contribution < 1.29 is 58.7 Å². The van der Waals surface area contributed by atoms with E-state index < -0.39 is 0 Å². The Balaban J connectivity index is 0.000000303. The van der Waals surface area contributed by atoms with E-state index in [-0.39, 0.29) is 109 Å². The molecule has 6 aliphatic heterocycles. The lowest BCUT2D eigenvalue weighted by Gasteiger charge is -2.47. The normalized spacial score (nSPS) is 22.2. The van der Waals surface area contributed by atoms with Crippen LogP contribution >= 0.6 is 0 Å². The number of aryl methyl sites for hydroxylation is 2. The number of benzene rings is 4. The molecule has 0 bridgehead atoms. The summed E-state index contributed by atoms with van der Waals surface area (Å²) < 4.78 is 10.4. The Labute approximate surface area is 746 Å². The summed E-state index contributed by atoms with van der Waals surface area (Å²) >= 11 is 0. The fourth-order valence-electron chi connectivity index (χ4n) is 20.8. The Morgan fingerprint density at radius 3 is 1.09 bits per heavy atom. The zero-order chi connectivity index (χ0) is 92.9. The van der Waals surface area contributed by atoms with Gasteiger partial charge in [0.15, 0.2) is 5.78 Å². The largest absolute Gasteiger partial charge is 0.466 e. The molecule has 0 amide bonds. The predicted molar refractivity (Wildman–Crippen MR) is 505 cm³/mol. The second-order valence-corrected chi connectivity index (χ2v) is 45.0. The number of hydrogen-bond donors (Lipinski definition) is 12. The van der Waals surface area contributed by atoms with Crippen molar-refractivity contribution in [1.82, 2.24) is 47.9 Å². The van der Waals surface area contributed by atoms with Crippen LogP contribution in [0.15, 0.2) is 103 Å². The van der Waals surface area contributed by atoms with Gasteiger partial charge in [0.1, 0.15) is 19.3 Å². The van der Waals surface area contributed by atoms with Crippen LogP contribution in [0.4, 0.5) is 0 Å². The highest BCUT2D eigenvalue weighted by molar-refractivity contribution is 6.08. The fourth-order valence-corrected chi connectivity index (χ4v) is 20.8. The number of ether oxygens (including phenoxy) is 2. The molecule has 123 heavy (non-hydrogen) atoms. The van der Waals surface area contributed by atoms with Gasteiger partial charge >= 0.3 is 11.9 Å². The number of carbonyl (C=O) groups excluding carboxylic acids is 3. The van der Waals surface area contributed by atoms with Gasteiger partial charge in [0.25, 0.3) is 0 Å². The van der Waals surface area contributed by atoms with Crippen molar-refractivity contribution in [3.63, 3.8) is 0 Å². The van der Waals surface area contributed by atoms with E-state index in [2.05, 4.69) is 276 Å². The first kappa shape index (κ1) is 110. The number of hydrogen-bond acceptors (Lipinski definition) is 21. The van der Waals surface area contributed by atoms with Gasteiger partial charge in [0.2, 0.25) is 0 Å². The molecule has 3 atom stereocenters. The smallest absolute Gasteiger partial charge is 0.302 e. The summed E-state index contributed by atoms with van der Waals surface area (Å²) in [5.41, 5.74) is 9.18. The zero-order valence-electron chi connectivity index (χ0n) is 82.8. The molecule has 12 N–H and O–H groups in total. The second kappa shape index (κ2) is 49.0. The first-order valence-corrected chi connectivity index (χ1v) is 46.0. The summed E-state index contributed by atoms with van der Waals surface area (Å²) in [6, 6.07) is 34.0. The van der Waals surface area contributed by atoms with Gasteiger partial charge in [-0.25, -0.2) is 19.6 Å². The average molecular weight is 1720 g/mol. The molecule has 0 spiro atoms. The summed E-state index contributed by atoms with van der Waals surface area (Å²) in [6.07, 6.45) is 13.4. The molecule has 6 saturated heterocycles. The van der Waals surface area contributed by atoms with Crippen molar-refractivity contribution in [2.45, 2.75) is 415 Å². The van der Waals surface area contributed by atoms with Crippen LogP contribution in [0.2, 0.25) is 0 Å². The van der Waals surface area contributed by atoms with Gasteiger partial charge in [-0.05, 0) is 318 Å². The Morgan fingerprint density at radius 2 is 0.707 bits per heavy atom. The maximum absolute atomic E-state index is 12.2. The minimum Gasteiger partial charge on any atom is -0.466 e. The molecule has 6 heterocycles. The van der Waals surface area contributed by atoms with Crippen LogP contribution in [0.1, 0.15) is 328 Å². The summed E-state index contributed by atoms with van der Waals surface area (Å²) in [5, 5.41) is 59.5. The number of piperidine rings is 6. The predicted octanol–water partition coefficient (Wildman–Crippen LogP) is 17.5. The van der Waals surface area contributed by atoms with Crippen LogP contribution in [0, 0.1) is 37.5 Å². The first-order chi connectivity index (χ1) is 56.5. The summed E-state index contributed by atoms with van der Waals surface area (Å²) in [4.78, 5) is 55.4. The number of nitrogens with one attached hydrogen (secondary N) is 9. The minimum absolute atomic E-state index is 0.0362. The van der Waals surface area contributed by atoms with E-state index in [0.717, 1.165) is 81.0 Å². The van der Waals surface area contributed by atoms with E-state index in [1.54, 1.807) is 6.92 Å². The van der Waals surface area contributed by atoms with Gasteiger partial charge in [-0.1, -0.05) is 114 Å². The van der Waals surface area contributed by atoms with E-state index in [9.17, 15) is 24.6 Å². The highest BCUT2D eigenvalue weighted by atomic mass is 17.2. The van der Waals surface area contributed by atoms with E-state index in [4.69, 9.17) is 34.1 Å². The SMILES string of the molecule is CC(=O)OC1CC(C)(C)NC(C)(C)C1.CC(=O)OCC1CC(C)(C)NC(C)(C)C1.CC(O)CNC1CC(C)(C)NC(C)(C)C1.CC(O)CNCC1CC(C)(C)NC(C)(C)C1.CC(O)CNCc1ccc(C(=O)c2ccccc2)cc1.Cc1ccc(COOCC2CC(C)(C)NC(C)(C)C2)cc1.Cc1ccc(COOCCC2CC(C)(C)NC(C)(C)C2)cc1. The van der Waals surface area contributed by atoms with Crippen molar-refractivity contribution >= 4 is 17.7 Å². The summed E-state index contributed by atoms with van der Waals surface area (Å²) in [7, 11) is 0. The molecule has 0 aliphatic carbocycles. The molecule has 4 aromatic carbocycles. The standard InChI is InChI=1S/C19H31NO2.C18H29NO2.C17H19NO2.C13H28N2O.C12H26N2O.C12H23NO2.C11H21NO2/c1-15-6-8-16(9-7-15)14-22-21-11-10-17-12-18(2,3)20-19(4,5)13-17;1-14-6-8-15(9-7-14)12-20-21-13-16-10-17(2,3)19-18(4,5)11-16;1-13(19)11-18-12-14-7-9-16(10-8-14)17(20)15-5-3-2-4-6-15;1-10(16)8-14-9-11-6-12(2,3)15-13(4,5)7-11;1-9(15)8-13-10-6-11(2,3)14-12(4,5)7-10;1-9(14)15-8-10-6-11(2,3)13-12(4,5)7-10;1-8(13)14-9-6-10(2,3)12-11(4,5)7-9/h6-9,17,20H,10-14H2,1-5H3;6-9,16,19H,10-13H2,1-5H3;2-10,13,18-19H,11-12H2,1H3;10-11,14-16H,6-9H2,1-5H3;9-10,13-15H,6-8H2,1-5H3;10,13H,6-8H2,1-5H3;9,12H,6-7H2,1-5H3. The molecular weight excluding hydrogens is 1540 g/mol. The molecule has 0 saturated carbocycles. The second-order valence-electron chi connectivity index (χ2n) is 45.0. The summed E-state index contributed by atoms with van der Waals surface area (Å²) in [5.74, 6) is 2.08. The van der Waals surface area contributed by atoms with Crippen molar-refractivity contribution in [3.8, 4) is 0 Å². The number of aliphatic hydroxyl groups is 3. The van der Waals surface area contributed by atoms with Gasteiger partial charge in [0, 0.05) is 137 Å². The molecular formula is C102H177N9O12. The topological polar surface area (TPSA) is 276 Å². The van der Waals surface area contributed by atoms with Gasteiger partial charge in [0.05, 0.1) is 38.1 Å². The molecule has 6 aliphatic rings. The maximum Gasteiger partial charge on any atom is 0.302 e. The highest BCUT2D eigenvalue weighted by Gasteiger charge is 2.43. The highest BCUT2D eigenvalue weighted by Crippen LogP contribution is 2.38. The van der Waals surface area contributed by atoms with E-state index in [0.29, 0.717) is 100 Å². The third-order valence-corrected chi connectivity index (χ3v) is 22.7. The van der Waals surface area contributed by atoms with Crippen molar-refractivity contribution in [1.29, 1.82) is 0 Å². The molecule has 0 radical (unpaired) electrons. The van der Waals surface area contributed by atoms with Crippen LogP contribution in [0.5, 0.6) is 0 Å². The Hall–Kier alpha value is -5.15. The monoisotopic (exact) mass is 1720 g/mol. The van der Waals surface area contributed by atoms with Gasteiger partial charge in [-0.3, -0.25) is 14.4 Å². The number of ketones is 1. The van der Waals surface area contributed by atoms with E-state index in [1.807, 2.05) is 68.4 Å². The van der Waals surface area contributed by atoms with E-state index in [1.165, 1.54) is 50.7 Å². The average Bonchev–Trinajstić information content (AvgIpc) is 0.828. The number of rotatable bonds is 27. The number of carbonyl (C=O) groups is 3. The molecule has 21 heteroatoms. The molecule has 4 aromatic rings. The number of esters is 2. The first-order valence-electron chi connectivity index (χ1n) is 46.0. The lowest BCUT2D eigenvalue weighted by molar-refractivity contribution is -0.312. The minimum atomic E-state index is -0.353. The Morgan fingerprint density at radius 1 is 0.374 bits per heavy atom. The van der Waals surface area contributed by atoms with Gasteiger partial charge < -0.3 is 72.6 Å². The molecule has 0 aromatic heterocycles. The Kier molecular flexibility index (Phi) is 43.9. The number of aliphatic hydroxyl groups excluding tert-OH is 3. The van der Waals surface area contributed by atoms with Gasteiger partial charge in [-0.2, -0.15) is 0 Å². The maximum atomic E-state index is 12.2. The summed E-state index contributed by atoms with van der Waals surface area (Å²) in [6.45, 7) is 72.7. The van der Waals surface area contributed by atoms with Crippen LogP contribution in [-0.2, 0) is 58.4 Å². The van der Waals surface area contributed by atoms with Crippen LogP contribution < -0.4 is 47.9 Å². The van der Waals surface area contributed by atoms with Crippen molar-refractivity contribution in [2.75, 3.05) is 46.0 Å². The van der Waals surface area contributed by atoms with Crippen LogP contribution in [-0.4, -0.2) is 176 Å². The van der Waals surface area contributed by atoms with Crippen LogP contribution in [0.3, 0.4) is 0 Å². The van der Waals surface area contributed by atoms with Crippen molar-refractivity contribution in [2.24, 2.45) is 23.7 Å². The third-order valence-electron chi connectivity index (χ3n) is 22.7. The third kappa shape index (κ3) is 48.7. The van der Waals surface area contributed by atoms with Crippen molar-refractivity contribution in [3.05, 3.63) is 142 Å². The van der Waals surface area contributed by atoms with Gasteiger partial charge in [-0.15, -0.1) is 0 Å². The molecule has 10 rings (SSSR count). The quantitative estimate of drug-likeness (QED) is 0.00869. The molecule has 3 unspecified atom stereocenters. The molecule has 702 valence electrons. The lowest BCUT2D eigenvalue weighted by atomic mass is 9.75. The lowest BCUT2D eigenvalue weighted by Crippen LogP contribution is -2.62. The molecule has 21 nitrogen and oxygen atoms in total.